The van der Waals surface area contributed by atoms with E-state index in [0.717, 1.165) is 17.9 Å². The van der Waals surface area contributed by atoms with Crippen LogP contribution in [0.3, 0.4) is 0 Å². The number of benzene rings is 1. The summed E-state index contributed by atoms with van der Waals surface area (Å²) in [4.78, 5) is 4.58. The van der Waals surface area contributed by atoms with Crippen molar-refractivity contribution in [2.24, 2.45) is 12.8 Å². The molecule has 2 N–H and O–H groups in total. The summed E-state index contributed by atoms with van der Waals surface area (Å²) in [5, 5.41) is 0. The van der Waals surface area contributed by atoms with Crippen LogP contribution in [0.15, 0.2) is 24.3 Å². The van der Waals surface area contributed by atoms with Crippen LogP contribution in [0.5, 0.6) is 0 Å². The van der Waals surface area contributed by atoms with Crippen molar-refractivity contribution in [3.8, 4) is 11.3 Å². The molecule has 17 heavy (non-hydrogen) atoms. The Labute approximate surface area is 102 Å². The third-order valence-corrected chi connectivity index (χ3v) is 3.05. The Morgan fingerprint density at radius 1 is 1.18 bits per heavy atom. The molecule has 3 heteroatoms. The molecular formula is C14H19N3. The third kappa shape index (κ3) is 2.24. The molecule has 1 heterocycles. The molecule has 0 aliphatic rings. The van der Waals surface area contributed by atoms with Crippen LogP contribution in [0.25, 0.3) is 11.3 Å². The van der Waals surface area contributed by atoms with Gasteiger partial charge in [-0.3, -0.25) is 0 Å². The molecule has 2 rings (SSSR count). The highest BCUT2D eigenvalue weighted by atomic mass is 15.1. The number of hydrogen-bond donors (Lipinski definition) is 1. The quantitative estimate of drug-likeness (QED) is 0.877. The van der Waals surface area contributed by atoms with Crippen LogP contribution in [-0.2, 0) is 13.5 Å². The van der Waals surface area contributed by atoms with E-state index in [1.165, 1.54) is 16.8 Å². The van der Waals surface area contributed by atoms with Gasteiger partial charge in [0.15, 0.2) is 0 Å². The highest BCUT2D eigenvalue weighted by molar-refractivity contribution is 5.63. The zero-order valence-corrected chi connectivity index (χ0v) is 10.7. The van der Waals surface area contributed by atoms with Gasteiger partial charge in [0.05, 0.1) is 11.4 Å². The van der Waals surface area contributed by atoms with Crippen molar-refractivity contribution in [1.29, 1.82) is 0 Å². The number of imidazole rings is 1. The molecule has 2 aromatic rings. The third-order valence-electron chi connectivity index (χ3n) is 3.05. The van der Waals surface area contributed by atoms with Crippen molar-refractivity contribution in [2.45, 2.75) is 20.3 Å². The molecular weight excluding hydrogens is 210 g/mol. The first kappa shape index (κ1) is 11.9. The number of hydrogen-bond acceptors (Lipinski definition) is 2. The largest absolute Gasteiger partial charge is 0.331 e. The lowest BCUT2D eigenvalue weighted by molar-refractivity contribution is 0.782. The van der Waals surface area contributed by atoms with Crippen molar-refractivity contribution in [3.63, 3.8) is 0 Å². The molecule has 3 nitrogen and oxygen atoms in total. The van der Waals surface area contributed by atoms with Crippen LogP contribution in [0, 0.1) is 13.8 Å². The van der Waals surface area contributed by atoms with Gasteiger partial charge in [-0.2, -0.15) is 0 Å². The molecule has 90 valence electrons. The lowest BCUT2D eigenvalue weighted by atomic mass is 10.1. The second kappa shape index (κ2) is 4.72. The SMILES string of the molecule is Cc1ccc(-c2c(C)nc(CCN)n2C)cc1. The Morgan fingerprint density at radius 3 is 2.41 bits per heavy atom. The standard InChI is InChI=1S/C14H19N3/c1-10-4-6-12(7-5-10)14-11(2)16-13(8-9-15)17(14)3/h4-7H,8-9,15H2,1-3H3. The molecule has 0 radical (unpaired) electrons. The molecule has 0 aliphatic heterocycles. The summed E-state index contributed by atoms with van der Waals surface area (Å²) in [6, 6.07) is 8.55. The van der Waals surface area contributed by atoms with Gasteiger partial charge >= 0.3 is 0 Å². The Balaban J connectivity index is 2.48. The van der Waals surface area contributed by atoms with Crippen LogP contribution in [0.1, 0.15) is 17.1 Å². The van der Waals surface area contributed by atoms with Gasteiger partial charge in [-0.1, -0.05) is 29.8 Å². The van der Waals surface area contributed by atoms with Gasteiger partial charge in [0.2, 0.25) is 0 Å². The lowest BCUT2D eigenvalue weighted by Crippen LogP contribution is -2.08. The van der Waals surface area contributed by atoms with Crippen molar-refractivity contribution in [3.05, 3.63) is 41.3 Å². The molecule has 0 atom stereocenters. The van der Waals surface area contributed by atoms with Gasteiger partial charge < -0.3 is 10.3 Å². The molecule has 1 aromatic carbocycles. The first-order valence-electron chi connectivity index (χ1n) is 5.92. The summed E-state index contributed by atoms with van der Waals surface area (Å²) in [6.45, 7) is 4.78. The van der Waals surface area contributed by atoms with Gasteiger partial charge in [0.25, 0.3) is 0 Å². The van der Waals surface area contributed by atoms with Crippen molar-refractivity contribution < 1.29 is 0 Å². The van der Waals surface area contributed by atoms with E-state index in [0.29, 0.717) is 6.54 Å². The summed E-state index contributed by atoms with van der Waals surface area (Å²) in [7, 11) is 2.06. The highest BCUT2D eigenvalue weighted by Crippen LogP contribution is 2.24. The fourth-order valence-electron chi connectivity index (χ4n) is 2.16. The lowest BCUT2D eigenvalue weighted by Gasteiger charge is -2.06. The zero-order chi connectivity index (χ0) is 12.4. The van der Waals surface area contributed by atoms with Crippen LogP contribution in [-0.4, -0.2) is 16.1 Å². The molecule has 0 saturated carbocycles. The molecule has 0 spiro atoms. The van der Waals surface area contributed by atoms with Gasteiger partial charge in [-0.25, -0.2) is 4.98 Å². The zero-order valence-electron chi connectivity index (χ0n) is 10.7. The molecule has 0 aliphatic carbocycles. The maximum Gasteiger partial charge on any atom is 0.110 e. The van der Waals surface area contributed by atoms with E-state index >= 15 is 0 Å². The van der Waals surface area contributed by atoms with E-state index in [9.17, 15) is 0 Å². The summed E-state index contributed by atoms with van der Waals surface area (Å²) in [5.74, 6) is 1.06. The monoisotopic (exact) mass is 229 g/mol. The van der Waals surface area contributed by atoms with E-state index in [1.807, 2.05) is 0 Å². The van der Waals surface area contributed by atoms with E-state index in [2.05, 4.69) is 54.7 Å². The van der Waals surface area contributed by atoms with E-state index in [-0.39, 0.29) is 0 Å². The molecule has 0 saturated heterocycles. The Hall–Kier alpha value is -1.61. The van der Waals surface area contributed by atoms with Crippen molar-refractivity contribution in [1.82, 2.24) is 9.55 Å². The van der Waals surface area contributed by atoms with E-state index in [1.54, 1.807) is 0 Å². The second-order valence-corrected chi connectivity index (χ2v) is 4.43. The van der Waals surface area contributed by atoms with Crippen molar-refractivity contribution in [2.75, 3.05) is 6.54 Å². The highest BCUT2D eigenvalue weighted by Gasteiger charge is 2.12. The van der Waals surface area contributed by atoms with Gasteiger partial charge in [-0.15, -0.1) is 0 Å². The minimum atomic E-state index is 0.637. The number of nitrogens with two attached hydrogens (primary N) is 1. The molecule has 0 fully saturated rings. The fraction of sp³-hybridized carbons (Fsp3) is 0.357. The maximum absolute atomic E-state index is 5.59. The first-order chi connectivity index (χ1) is 8.13. The number of nitrogens with zero attached hydrogens (tertiary/aromatic N) is 2. The fourth-order valence-corrected chi connectivity index (χ4v) is 2.16. The van der Waals surface area contributed by atoms with E-state index < -0.39 is 0 Å². The molecule has 0 unspecified atom stereocenters. The smallest absolute Gasteiger partial charge is 0.110 e. The predicted octanol–water partition coefficient (Wildman–Crippen LogP) is 2.21. The summed E-state index contributed by atoms with van der Waals surface area (Å²) < 4.78 is 2.15. The minimum Gasteiger partial charge on any atom is -0.331 e. The Bertz CT molecular complexity index is 509. The van der Waals surface area contributed by atoms with Crippen LogP contribution >= 0.6 is 0 Å². The van der Waals surface area contributed by atoms with Gasteiger partial charge in [0, 0.05) is 19.0 Å². The molecule has 0 bridgehead atoms. The van der Waals surface area contributed by atoms with E-state index in [4.69, 9.17) is 5.73 Å². The van der Waals surface area contributed by atoms with Gasteiger partial charge in [-0.05, 0) is 20.4 Å². The number of rotatable bonds is 3. The number of aryl methyl sites for hydroxylation is 2. The average molecular weight is 229 g/mol. The topological polar surface area (TPSA) is 43.8 Å². The predicted molar refractivity (Wildman–Crippen MR) is 70.9 cm³/mol. The summed E-state index contributed by atoms with van der Waals surface area (Å²) in [6.07, 6.45) is 0.823. The molecule has 0 amide bonds. The van der Waals surface area contributed by atoms with Crippen LogP contribution < -0.4 is 5.73 Å². The Kier molecular flexibility index (Phi) is 3.29. The second-order valence-electron chi connectivity index (χ2n) is 4.43. The minimum absolute atomic E-state index is 0.637. The average Bonchev–Trinajstić information content (AvgIpc) is 2.57. The number of aromatic nitrogens is 2. The van der Waals surface area contributed by atoms with Crippen molar-refractivity contribution >= 4 is 0 Å². The summed E-state index contributed by atoms with van der Waals surface area (Å²) in [5.41, 5.74) is 10.3. The molecule has 1 aromatic heterocycles. The first-order valence-corrected chi connectivity index (χ1v) is 5.92. The van der Waals surface area contributed by atoms with Gasteiger partial charge in [0.1, 0.15) is 5.82 Å². The Morgan fingerprint density at radius 2 is 1.82 bits per heavy atom. The maximum atomic E-state index is 5.59. The summed E-state index contributed by atoms with van der Waals surface area (Å²) >= 11 is 0. The van der Waals surface area contributed by atoms with Crippen LogP contribution in [0.2, 0.25) is 0 Å². The van der Waals surface area contributed by atoms with Crippen LogP contribution in [0.4, 0.5) is 0 Å². The normalized spacial score (nSPS) is 10.8.